The number of aryl methyl sites for hydroxylation is 1. The molecule has 1 amide bonds. The third kappa shape index (κ3) is 4.44. The number of benzene rings is 2. The van der Waals surface area contributed by atoms with E-state index >= 15 is 0 Å². The van der Waals surface area contributed by atoms with Crippen molar-refractivity contribution in [2.45, 2.75) is 13.5 Å². The van der Waals surface area contributed by atoms with E-state index < -0.39 is 0 Å². The zero-order valence-corrected chi connectivity index (χ0v) is 20.3. The van der Waals surface area contributed by atoms with Crippen molar-refractivity contribution in [2.24, 2.45) is 0 Å². The maximum absolute atomic E-state index is 13.4. The monoisotopic (exact) mass is 471 g/mol. The first-order valence-corrected chi connectivity index (χ1v) is 11.7. The minimum atomic E-state index is -0.000530. The van der Waals surface area contributed by atoms with Gasteiger partial charge in [-0.25, -0.2) is 9.50 Å². The summed E-state index contributed by atoms with van der Waals surface area (Å²) in [6, 6.07) is 16.2. The highest BCUT2D eigenvalue weighted by Crippen LogP contribution is 2.33. The van der Waals surface area contributed by atoms with Crippen molar-refractivity contribution in [2.75, 3.05) is 40.4 Å². The van der Waals surface area contributed by atoms with E-state index in [0.717, 1.165) is 36.5 Å². The van der Waals surface area contributed by atoms with Gasteiger partial charge < -0.3 is 14.4 Å². The van der Waals surface area contributed by atoms with Gasteiger partial charge in [-0.2, -0.15) is 5.10 Å². The molecule has 3 heterocycles. The molecule has 0 radical (unpaired) electrons. The van der Waals surface area contributed by atoms with Gasteiger partial charge in [0.15, 0.2) is 17.1 Å². The molecule has 2 aromatic carbocycles. The van der Waals surface area contributed by atoms with Crippen LogP contribution in [0.2, 0.25) is 0 Å². The number of ether oxygens (including phenoxy) is 2. The van der Waals surface area contributed by atoms with Gasteiger partial charge in [0.2, 0.25) is 0 Å². The molecule has 1 aliphatic rings. The molecule has 8 heteroatoms. The molecule has 180 valence electrons. The average molecular weight is 472 g/mol. The smallest absolute Gasteiger partial charge is 0.257 e. The van der Waals surface area contributed by atoms with Crippen LogP contribution in [0.3, 0.4) is 0 Å². The highest BCUT2D eigenvalue weighted by molar-refractivity contribution is 5.95. The molecule has 8 nitrogen and oxygen atoms in total. The summed E-state index contributed by atoms with van der Waals surface area (Å²) in [5, 5.41) is 4.54. The second kappa shape index (κ2) is 9.76. The van der Waals surface area contributed by atoms with Crippen molar-refractivity contribution in [3.63, 3.8) is 0 Å². The highest BCUT2D eigenvalue weighted by atomic mass is 16.5. The van der Waals surface area contributed by atoms with Crippen molar-refractivity contribution in [1.82, 2.24) is 24.4 Å². The Morgan fingerprint density at radius 3 is 2.40 bits per heavy atom. The van der Waals surface area contributed by atoms with Gasteiger partial charge in [0, 0.05) is 44.5 Å². The first-order chi connectivity index (χ1) is 17.1. The summed E-state index contributed by atoms with van der Waals surface area (Å²) in [4.78, 5) is 22.3. The van der Waals surface area contributed by atoms with Crippen molar-refractivity contribution < 1.29 is 14.3 Å². The zero-order chi connectivity index (χ0) is 24.4. The van der Waals surface area contributed by atoms with Gasteiger partial charge >= 0.3 is 0 Å². The topological polar surface area (TPSA) is 72.2 Å². The highest BCUT2D eigenvalue weighted by Gasteiger charge is 2.25. The molecular formula is C27H29N5O3. The molecular weight excluding hydrogens is 442 g/mol. The van der Waals surface area contributed by atoms with Crippen molar-refractivity contribution in [3.8, 4) is 22.6 Å². The number of fused-ring (bicyclic) bond motifs is 1. The van der Waals surface area contributed by atoms with Gasteiger partial charge in [0.05, 0.1) is 31.7 Å². The van der Waals surface area contributed by atoms with E-state index in [1.807, 2.05) is 36.1 Å². The average Bonchev–Trinajstić information content (AvgIpc) is 3.34. The molecule has 0 unspecified atom stereocenters. The van der Waals surface area contributed by atoms with Gasteiger partial charge in [-0.05, 0) is 30.2 Å². The summed E-state index contributed by atoms with van der Waals surface area (Å²) >= 11 is 0. The second-order valence-electron chi connectivity index (χ2n) is 8.67. The van der Waals surface area contributed by atoms with Crippen LogP contribution in [0.1, 0.15) is 21.6 Å². The van der Waals surface area contributed by atoms with Crippen molar-refractivity contribution in [1.29, 1.82) is 0 Å². The van der Waals surface area contributed by atoms with E-state index in [4.69, 9.17) is 9.47 Å². The Bertz CT molecular complexity index is 1340. The molecule has 0 bridgehead atoms. The fourth-order valence-corrected chi connectivity index (χ4v) is 4.58. The molecule has 0 aliphatic carbocycles. The zero-order valence-electron chi connectivity index (χ0n) is 20.3. The Morgan fingerprint density at radius 1 is 0.943 bits per heavy atom. The minimum absolute atomic E-state index is 0.000530. The van der Waals surface area contributed by atoms with E-state index in [1.54, 1.807) is 31.1 Å². The summed E-state index contributed by atoms with van der Waals surface area (Å²) in [5.74, 6) is 1.30. The maximum atomic E-state index is 13.4. The molecule has 35 heavy (non-hydrogen) atoms. The predicted octanol–water partition coefficient (Wildman–Crippen LogP) is 3.68. The number of amides is 1. The third-order valence-corrected chi connectivity index (χ3v) is 6.60. The van der Waals surface area contributed by atoms with Gasteiger partial charge in [-0.3, -0.25) is 9.69 Å². The number of carbonyl (C=O) groups is 1. The van der Waals surface area contributed by atoms with Crippen LogP contribution < -0.4 is 9.47 Å². The lowest BCUT2D eigenvalue weighted by Crippen LogP contribution is -2.48. The Kier molecular flexibility index (Phi) is 6.37. The van der Waals surface area contributed by atoms with Crippen LogP contribution in [0.25, 0.3) is 16.8 Å². The van der Waals surface area contributed by atoms with E-state index in [2.05, 4.69) is 39.2 Å². The number of hydrogen-bond donors (Lipinski definition) is 0. The van der Waals surface area contributed by atoms with Gasteiger partial charge in [-0.15, -0.1) is 0 Å². The summed E-state index contributed by atoms with van der Waals surface area (Å²) in [6.07, 6.45) is 3.45. The molecule has 0 saturated carbocycles. The molecule has 1 fully saturated rings. The normalized spacial score (nSPS) is 14.3. The van der Waals surface area contributed by atoms with E-state index in [1.165, 1.54) is 5.56 Å². The Morgan fingerprint density at radius 2 is 1.69 bits per heavy atom. The number of methoxy groups -OCH3 is 2. The molecule has 1 aliphatic heterocycles. The van der Waals surface area contributed by atoms with Gasteiger partial charge in [0.1, 0.15) is 0 Å². The molecule has 1 saturated heterocycles. The van der Waals surface area contributed by atoms with Crippen LogP contribution >= 0.6 is 0 Å². The number of aromatic nitrogens is 3. The third-order valence-electron chi connectivity index (χ3n) is 6.60. The molecule has 5 rings (SSSR count). The SMILES string of the molecule is COc1ccc(-c2cnn3c(C)c(C(=O)N4CCN(Cc5ccccc5)CC4)cnc23)cc1OC. The lowest BCUT2D eigenvalue weighted by molar-refractivity contribution is 0.0626. The lowest BCUT2D eigenvalue weighted by atomic mass is 10.1. The van der Waals surface area contributed by atoms with Crippen molar-refractivity contribution in [3.05, 3.63) is 77.7 Å². The Hall–Kier alpha value is -3.91. The second-order valence-corrected chi connectivity index (χ2v) is 8.67. The molecule has 2 aromatic heterocycles. The number of nitrogens with zero attached hydrogens (tertiary/aromatic N) is 5. The van der Waals surface area contributed by atoms with Crippen LogP contribution in [0, 0.1) is 6.92 Å². The fraction of sp³-hybridized carbons (Fsp3) is 0.296. The Balaban J connectivity index is 1.34. The van der Waals surface area contributed by atoms with Crippen LogP contribution in [0.4, 0.5) is 0 Å². The van der Waals surface area contributed by atoms with E-state index in [9.17, 15) is 4.79 Å². The maximum Gasteiger partial charge on any atom is 0.257 e. The fourth-order valence-electron chi connectivity index (χ4n) is 4.58. The summed E-state index contributed by atoms with van der Waals surface area (Å²) < 4.78 is 12.5. The molecule has 0 spiro atoms. The largest absolute Gasteiger partial charge is 0.493 e. The number of rotatable bonds is 6. The lowest BCUT2D eigenvalue weighted by Gasteiger charge is -2.35. The summed E-state index contributed by atoms with van der Waals surface area (Å²) in [6.45, 7) is 5.90. The standard InChI is InChI=1S/C27H29N5O3/c1-19-22(27(33)31-13-11-30(12-14-31)18-20-7-5-4-6-8-20)16-28-26-23(17-29-32(19)26)21-9-10-24(34-2)25(15-21)35-3/h4-10,15-17H,11-14,18H2,1-3H3. The quantitative estimate of drug-likeness (QED) is 0.427. The van der Waals surface area contributed by atoms with Gasteiger partial charge in [-0.1, -0.05) is 36.4 Å². The Labute approximate surface area is 204 Å². The summed E-state index contributed by atoms with van der Waals surface area (Å²) in [5.41, 5.74) is 5.12. The van der Waals surface area contributed by atoms with Crippen molar-refractivity contribution >= 4 is 11.6 Å². The van der Waals surface area contributed by atoms with Crippen LogP contribution in [-0.4, -0.2) is 70.7 Å². The van der Waals surface area contributed by atoms with Crippen LogP contribution in [0.15, 0.2) is 60.9 Å². The van der Waals surface area contributed by atoms with Gasteiger partial charge in [0.25, 0.3) is 5.91 Å². The predicted molar refractivity (Wildman–Crippen MR) is 134 cm³/mol. The molecule has 4 aromatic rings. The van der Waals surface area contributed by atoms with E-state index in [0.29, 0.717) is 35.8 Å². The van der Waals surface area contributed by atoms with Crippen LogP contribution in [-0.2, 0) is 6.54 Å². The molecule has 0 atom stereocenters. The first-order valence-electron chi connectivity index (χ1n) is 11.7. The van der Waals surface area contributed by atoms with Crippen LogP contribution in [0.5, 0.6) is 11.5 Å². The number of carbonyl (C=O) groups excluding carboxylic acids is 1. The number of piperazine rings is 1. The minimum Gasteiger partial charge on any atom is -0.493 e. The summed E-state index contributed by atoms with van der Waals surface area (Å²) in [7, 11) is 3.22. The number of hydrogen-bond acceptors (Lipinski definition) is 6. The van der Waals surface area contributed by atoms with E-state index in [-0.39, 0.29) is 5.91 Å². The molecule has 0 N–H and O–H groups in total. The first kappa shape index (κ1) is 22.9.